The van der Waals surface area contributed by atoms with Crippen LogP contribution in [0.15, 0.2) is 97.7 Å². The summed E-state index contributed by atoms with van der Waals surface area (Å²) < 4.78 is 11.7. The minimum absolute atomic E-state index is 0.220. The number of benzene rings is 3. The molecular formula is C27H21BrN2O5. The maximum Gasteiger partial charge on any atom is 0.336 e. The summed E-state index contributed by atoms with van der Waals surface area (Å²) in [4.78, 5) is 23.9. The van der Waals surface area contributed by atoms with Crippen LogP contribution in [-0.4, -0.2) is 23.4 Å². The molecule has 35 heavy (non-hydrogen) atoms. The molecule has 0 spiro atoms. The summed E-state index contributed by atoms with van der Waals surface area (Å²) in [6, 6.07) is 21.1. The summed E-state index contributed by atoms with van der Waals surface area (Å²) in [6.45, 7) is 1.61. The van der Waals surface area contributed by atoms with Crippen molar-refractivity contribution < 1.29 is 19.2 Å². The van der Waals surface area contributed by atoms with Crippen LogP contribution in [0.1, 0.15) is 16.7 Å². The molecule has 176 valence electrons. The van der Waals surface area contributed by atoms with Crippen LogP contribution < -0.4 is 15.7 Å². The molecule has 0 unspecified atom stereocenters. The van der Waals surface area contributed by atoms with Crippen molar-refractivity contribution in [3.63, 3.8) is 0 Å². The molecule has 0 aliphatic rings. The van der Waals surface area contributed by atoms with Gasteiger partial charge in [-0.1, -0.05) is 51.4 Å². The van der Waals surface area contributed by atoms with Crippen LogP contribution >= 0.6 is 15.9 Å². The normalized spacial score (nSPS) is 11.7. The lowest BCUT2D eigenvalue weighted by molar-refractivity contribution is -0.118. The highest BCUT2D eigenvalue weighted by atomic mass is 79.9. The Kier molecular flexibility index (Phi) is 7.42. The van der Waals surface area contributed by atoms with Crippen LogP contribution in [0.2, 0.25) is 0 Å². The first-order valence-electron chi connectivity index (χ1n) is 10.6. The van der Waals surface area contributed by atoms with Crippen molar-refractivity contribution in [2.24, 2.45) is 5.16 Å². The molecule has 0 aliphatic heterocycles. The van der Waals surface area contributed by atoms with E-state index in [0.29, 0.717) is 28.3 Å². The van der Waals surface area contributed by atoms with Crippen LogP contribution in [0.25, 0.3) is 17.0 Å². The number of hydrogen-bond donors (Lipinski definition) is 2. The van der Waals surface area contributed by atoms with Crippen LogP contribution in [0.3, 0.4) is 0 Å². The highest BCUT2D eigenvalue weighted by Crippen LogP contribution is 2.22. The minimum Gasteiger partial charge on any atom is -0.484 e. The number of ether oxygens (including phenoxy) is 1. The van der Waals surface area contributed by atoms with Crippen molar-refractivity contribution in [3.8, 4) is 5.75 Å². The van der Waals surface area contributed by atoms with E-state index in [1.807, 2.05) is 37.3 Å². The highest BCUT2D eigenvalue weighted by Gasteiger charge is 2.08. The number of rotatable bonds is 7. The van der Waals surface area contributed by atoms with E-state index in [1.54, 1.807) is 48.5 Å². The van der Waals surface area contributed by atoms with Crippen molar-refractivity contribution in [1.29, 1.82) is 0 Å². The summed E-state index contributed by atoms with van der Waals surface area (Å²) >= 11 is 3.39. The standard InChI is InChI=1S/C27H21BrN2O5/c1-17-14-27(32)35-25-15-22(11-12-23(17)25)34-16-26(31)29-21-9-5-19(6-10-21)24(30-33)13-4-18-2-7-20(28)8-3-18/h2-15,33H,16H2,1H3,(H,29,31). The van der Waals surface area contributed by atoms with Crippen molar-refractivity contribution in [3.05, 3.63) is 110 Å². The van der Waals surface area contributed by atoms with Gasteiger partial charge in [0.05, 0.1) is 0 Å². The number of allylic oxidation sites excluding steroid dienone is 1. The lowest BCUT2D eigenvalue weighted by atomic mass is 10.1. The first-order valence-corrected chi connectivity index (χ1v) is 11.4. The van der Waals surface area contributed by atoms with Crippen molar-refractivity contribution in [2.75, 3.05) is 11.9 Å². The second-order valence-electron chi connectivity index (χ2n) is 7.69. The average molecular weight is 533 g/mol. The number of nitrogens with one attached hydrogen (secondary N) is 1. The molecule has 0 atom stereocenters. The molecule has 0 saturated heterocycles. The maximum absolute atomic E-state index is 12.3. The Bertz CT molecular complexity index is 1470. The molecule has 0 radical (unpaired) electrons. The summed E-state index contributed by atoms with van der Waals surface area (Å²) in [5, 5.41) is 16.3. The zero-order chi connectivity index (χ0) is 24.8. The third-order valence-electron chi connectivity index (χ3n) is 5.17. The maximum atomic E-state index is 12.3. The van der Waals surface area contributed by atoms with E-state index in [2.05, 4.69) is 26.4 Å². The number of amides is 1. The van der Waals surface area contributed by atoms with Crippen LogP contribution in [0, 0.1) is 6.92 Å². The van der Waals surface area contributed by atoms with Crippen molar-refractivity contribution in [1.82, 2.24) is 0 Å². The number of nitrogens with zero attached hydrogens (tertiary/aromatic N) is 1. The van der Waals surface area contributed by atoms with Crippen LogP contribution in [0.4, 0.5) is 5.69 Å². The number of fused-ring (bicyclic) bond motifs is 1. The first kappa shape index (κ1) is 24.0. The Hall–Kier alpha value is -4.17. The smallest absolute Gasteiger partial charge is 0.336 e. The molecule has 3 aromatic carbocycles. The Morgan fingerprint density at radius 3 is 2.54 bits per heavy atom. The van der Waals surface area contributed by atoms with Gasteiger partial charge in [0, 0.05) is 33.2 Å². The number of anilines is 1. The third-order valence-corrected chi connectivity index (χ3v) is 5.70. The lowest BCUT2D eigenvalue weighted by Gasteiger charge is -2.09. The number of hydrogen-bond acceptors (Lipinski definition) is 6. The van der Waals surface area contributed by atoms with Crippen LogP contribution in [0.5, 0.6) is 5.75 Å². The van der Waals surface area contributed by atoms with E-state index in [4.69, 9.17) is 9.15 Å². The fourth-order valence-electron chi connectivity index (χ4n) is 3.40. The molecular weight excluding hydrogens is 512 g/mol. The van der Waals surface area contributed by atoms with E-state index in [-0.39, 0.29) is 12.5 Å². The molecule has 1 heterocycles. The third kappa shape index (κ3) is 6.24. The second kappa shape index (κ2) is 10.8. The number of halogens is 1. The summed E-state index contributed by atoms with van der Waals surface area (Å²) in [7, 11) is 0. The molecule has 0 bridgehead atoms. The van der Waals surface area contributed by atoms with Gasteiger partial charge in [-0.15, -0.1) is 0 Å². The van der Waals surface area contributed by atoms with Crippen molar-refractivity contribution >= 4 is 50.3 Å². The predicted octanol–water partition coefficient (Wildman–Crippen LogP) is 5.77. The van der Waals surface area contributed by atoms with Gasteiger partial charge in [-0.3, -0.25) is 4.79 Å². The molecule has 0 fully saturated rings. The van der Waals surface area contributed by atoms with Crippen molar-refractivity contribution in [2.45, 2.75) is 6.92 Å². The Morgan fingerprint density at radius 2 is 1.83 bits per heavy atom. The molecule has 4 rings (SSSR count). The van der Waals surface area contributed by atoms with Gasteiger partial charge >= 0.3 is 5.63 Å². The zero-order valence-electron chi connectivity index (χ0n) is 18.7. The van der Waals surface area contributed by atoms with Gasteiger partial charge in [0.2, 0.25) is 0 Å². The molecule has 1 amide bonds. The minimum atomic E-state index is -0.438. The van der Waals surface area contributed by atoms with E-state index in [1.165, 1.54) is 6.07 Å². The Morgan fingerprint density at radius 1 is 1.09 bits per heavy atom. The van der Waals surface area contributed by atoms with Gasteiger partial charge in [-0.2, -0.15) is 0 Å². The SMILES string of the molecule is Cc1cc(=O)oc2cc(OCC(=O)Nc3ccc(C(C=Cc4ccc(Br)cc4)=NO)cc3)ccc12. The van der Waals surface area contributed by atoms with Gasteiger partial charge in [0.15, 0.2) is 6.61 Å². The molecule has 0 aliphatic carbocycles. The molecule has 1 aromatic heterocycles. The van der Waals surface area contributed by atoms with Gasteiger partial charge in [-0.25, -0.2) is 4.79 Å². The molecule has 4 aromatic rings. The monoisotopic (exact) mass is 532 g/mol. The molecule has 0 saturated carbocycles. The number of carbonyl (C=O) groups is 1. The first-order chi connectivity index (χ1) is 16.9. The molecule has 8 heteroatoms. The highest BCUT2D eigenvalue weighted by molar-refractivity contribution is 9.10. The molecule has 2 N–H and O–H groups in total. The lowest BCUT2D eigenvalue weighted by Crippen LogP contribution is -2.20. The predicted molar refractivity (Wildman–Crippen MR) is 139 cm³/mol. The van der Waals surface area contributed by atoms with E-state index in [0.717, 1.165) is 21.0 Å². The Balaban J connectivity index is 1.35. The zero-order valence-corrected chi connectivity index (χ0v) is 20.3. The van der Waals surface area contributed by atoms with Gasteiger partial charge in [0.1, 0.15) is 17.0 Å². The topological polar surface area (TPSA) is 101 Å². The largest absolute Gasteiger partial charge is 0.484 e. The summed E-state index contributed by atoms with van der Waals surface area (Å²) in [6.07, 6.45) is 3.55. The molecule has 7 nitrogen and oxygen atoms in total. The second-order valence-corrected chi connectivity index (χ2v) is 8.61. The van der Waals surface area contributed by atoms with Gasteiger partial charge in [-0.05, 0) is 60.5 Å². The average Bonchev–Trinajstić information content (AvgIpc) is 2.85. The fourth-order valence-corrected chi connectivity index (χ4v) is 3.67. The Labute approximate surface area is 209 Å². The van der Waals surface area contributed by atoms with E-state index < -0.39 is 5.63 Å². The van der Waals surface area contributed by atoms with Gasteiger partial charge in [0.25, 0.3) is 5.91 Å². The summed E-state index contributed by atoms with van der Waals surface area (Å²) in [5.74, 6) is 0.0628. The summed E-state index contributed by atoms with van der Waals surface area (Å²) in [5.41, 5.74) is 3.36. The van der Waals surface area contributed by atoms with Crippen LogP contribution in [-0.2, 0) is 4.79 Å². The van der Waals surface area contributed by atoms with Gasteiger partial charge < -0.3 is 19.7 Å². The van der Waals surface area contributed by atoms with E-state index in [9.17, 15) is 14.8 Å². The number of oxime groups is 1. The van der Waals surface area contributed by atoms with E-state index >= 15 is 0 Å². The quantitative estimate of drug-likeness (QED) is 0.136. The number of aryl methyl sites for hydroxylation is 1. The number of carbonyl (C=O) groups excluding carboxylic acids is 1. The fraction of sp³-hybridized carbons (Fsp3) is 0.0741.